The molecule has 1 heterocycles. The third kappa shape index (κ3) is 4.37. The van der Waals surface area contributed by atoms with Crippen LogP contribution in [0.4, 0.5) is 4.79 Å². The summed E-state index contributed by atoms with van der Waals surface area (Å²) in [5.41, 5.74) is 0.366. The van der Waals surface area contributed by atoms with Crippen molar-refractivity contribution in [3.63, 3.8) is 0 Å². The molecule has 0 aromatic heterocycles. The number of hydrogen-bond acceptors (Lipinski definition) is 2. The average molecular weight is 324 g/mol. The summed E-state index contributed by atoms with van der Waals surface area (Å²) in [5, 5.41) is 3.55. The number of amides is 3. The lowest BCUT2D eigenvalue weighted by Crippen LogP contribution is -2.56. The maximum absolute atomic E-state index is 12.4. The van der Waals surface area contributed by atoms with Crippen molar-refractivity contribution < 1.29 is 9.59 Å². The minimum absolute atomic E-state index is 0.0208. The van der Waals surface area contributed by atoms with Crippen molar-refractivity contribution in [2.24, 2.45) is 0 Å². The van der Waals surface area contributed by atoms with Crippen molar-refractivity contribution in [2.75, 3.05) is 26.2 Å². The Bertz CT molecular complexity index is 544. The van der Waals surface area contributed by atoms with E-state index in [-0.39, 0.29) is 17.5 Å². The number of halogens is 1. The molecule has 3 amide bonds. The smallest absolute Gasteiger partial charge is 0.317 e. The molecule has 0 bridgehead atoms. The van der Waals surface area contributed by atoms with E-state index in [1.807, 2.05) is 20.8 Å². The molecule has 1 saturated heterocycles. The van der Waals surface area contributed by atoms with Gasteiger partial charge >= 0.3 is 6.03 Å². The summed E-state index contributed by atoms with van der Waals surface area (Å²) in [7, 11) is 0. The van der Waals surface area contributed by atoms with E-state index in [0.29, 0.717) is 36.8 Å². The molecule has 0 aliphatic carbocycles. The van der Waals surface area contributed by atoms with Crippen LogP contribution in [-0.2, 0) is 0 Å². The zero-order chi connectivity index (χ0) is 16.3. The van der Waals surface area contributed by atoms with Crippen LogP contribution in [0.5, 0.6) is 0 Å². The van der Waals surface area contributed by atoms with Crippen LogP contribution >= 0.6 is 11.6 Å². The molecule has 2 rings (SSSR count). The third-order valence-corrected chi connectivity index (χ3v) is 3.68. The summed E-state index contributed by atoms with van der Waals surface area (Å²) in [6.45, 7) is 8.02. The van der Waals surface area contributed by atoms with Gasteiger partial charge in [0.05, 0.1) is 0 Å². The molecule has 1 aliphatic rings. The van der Waals surface area contributed by atoms with E-state index >= 15 is 0 Å². The standard InChI is InChI=1S/C16H22ClN3O2/c1-16(2,3)18-15(22)20-10-8-19(9-11-20)14(21)12-4-6-13(17)7-5-12/h4-7H,8-11H2,1-3H3,(H,18,22). The number of nitrogens with zero attached hydrogens (tertiary/aromatic N) is 2. The van der Waals surface area contributed by atoms with E-state index in [4.69, 9.17) is 11.6 Å². The number of carbonyl (C=O) groups excluding carboxylic acids is 2. The van der Waals surface area contributed by atoms with Crippen LogP contribution in [0.25, 0.3) is 0 Å². The van der Waals surface area contributed by atoms with Gasteiger partial charge in [-0.05, 0) is 45.0 Å². The van der Waals surface area contributed by atoms with Gasteiger partial charge in [-0.25, -0.2) is 4.79 Å². The number of carbonyl (C=O) groups is 2. The number of urea groups is 1. The Labute approximate surface area is 136 Å². The normalized spacial score (nSPS) is 15.6. The molecule has 0 radical (unpaired) electrons. The minimum atomic E-state index is -0.257. The first-order valence-electron chi connectivity index (χ1n) is 7.38. The summed E-state index contributed by atoms with van der Waals surface area (Å²) in [5.74, 6) is -0.0208. The zero-order valence-electron chi connectivity index (χ0n) is 13.2. The number of nitrogens with one attached hydrogen (secondary N) is 1. The van der Waals surface area contributed by atoms with Crippen LogP contribution in [0.2, 0.25) is 5.02 Å². The highest BCUT2D eigenvalue weighted by atomic mass is 35.5. The lowest BCUT2D eigenvalue weighted by molar-refractivity contribution is 0.0661. The van der Waals surface area contributed by atoms with Gasteiger partial charge in [-0.2, -0.15) is 0 Å². The van der Waals surface area contributed by atoms with E-state index in [1.165, 1.54) is 0 Å². The van der Waals surface area contributed by atoms with Crippen LogP contribution in [0.3, 0.4) is 0 Å². The van der Waals surface area contributed by atoms with Gasteiger partial charge in [0.2, 0.25) is 0 Å². The van der Waals surface area contributed by atoms with Gasteiger partial charge in [-0.1, -0.05) is 11.6 Å². The topological polar surface area (TPSA) is 52.7 Å². The monoisotopic (exact) mass is 323 g/mol. The molecule has 1 aromatic carbocycles. The quantitative estimate of drug-likeness (QED) is 0.863. The Balaban J connectivity index is 1.90. The lowest BCUT2D eigenvalue weighted by atomic mass is 10.1. The highest BCUT2D eigenvalue weighted by molar-refractivity contribution is 6.30. The van der Waals surface area contributed by atoms with E-state index < -0.39 is 0 Å². The van der Waals surface area contributed by atoms with Crippen LogP contribution in [0, 0.1) is 0 Å². The van der Waals surface area contributed by atoms with E-state index in [0.717, 1.165) is 0 Å². The number of hydrogen-bond donors (Lipinski definition) is 1. The van der Waals surface area contributed by atoms with Gasteiger partial charge < -0.3 is 15.1 Å². The summed E-state index contributed by atoms with van der Waals surface area (Å²) in [6.07, 6.45) is 0. The minimum Gasteiger partial charge on any atom is -0.335 e. The van der Waals surface area contributed by atoms with E-state index in [1.54, 1.807) is 34.1 Å². The molecular weight excluding hydrogens is 302 g/mol. The van der Waals surface area contributed by atoms with Crippen molar-refractivity contribution in [3.05, 3.63) is 34.9 Å². The van der Waals surface area contributed by atoms with Crippen molar-refractivity contribution in [1.82, 2.24) is 15.1 Å². The highest BCUT2D eigenvalue weighted by Crippen LogP contribution is 2.13. The molecule has 0 unspecified atom stereocenters. The largest absolute Gasteiger partial charge is 0.335 e. The summed E-state index contributed by atoms with van der Waals surface area (Å²) < 4.78 is 0. The first kappa shape index (κ1) is 16.6. The lowest BCUT2D eigenvalue weighted by Gasteiger charge is -2.36. The first-order valence-corrected chi connectivity index (χ1v) is 7.76. The second-order valence-corrected chi connectivity index (χ2v) is 6.90. The molecule has 0 saturated carbocycles. The highest BCUT2D eigenvalue weighted by Gasteiger charge is 2.26. The van der Waals surface area contributed by atoms with Crippen molar-refractivity contribution in [2.45, 2.75) is 26.3 Å². The number of benzene rings is 1. The molecular formula is C16H22ClN3O2. The molecule has 1 aliphatic heterocycles. The van der Waals surface area contributed by atoms with Crippen LogP contribution in [0.15, 0.2) is 24.3 Å². The van der Waals surface area contributed by atoms with Gasteiger partial charge in [0, 0.05) is 42.3 Å². The predicted octanol–water partition coefficient (Wildman–Crippen LogP) is 2.61. The average Bonchev–Trinajstić information content (AvgIpc) is 2.46. The molecule has 1 aromatic rings. The van der Waals surface area contributed by atoms with Gasteiger partial charge in [-0.3, -0.25) is 4.79 Å². The molecule has 1 N–H and O–H groups in total. The van der Waals surface area contributed by atoms with Gasteiger partial charge in [0.1, 0.15) is 0 Å². The van der Waals surface area contributed by atoms with Crippen LogP contribution < -0.4 is 5.32 Å². The molecule has 22 heavy (non-hydrogen) atoms. The number of piperazine rings is 1. The summed E-state index contributed by atoms with van der Waals surface area (Å²) in [6, 6.07) is 6.79. The second-order valence-electron chi connectivity index (χ2n) is 6.47. The van der Waals surface area contributed by atoms with Gasteiger partial charge in [0.15, 0.2) is 0 Å². The predicted molar refractivity (Wildman–Crippen MR) is 87.2 cm³/mol. The molecule has 5 nitrogen and oxygen atoms in total. The second kappa shape index (κ2) is 6.57. The fourth-order valence-electron chi connectivity index (χ4n) is 2.29. The van der Waals surface area contributed by atoms with Crippen molar-refractivity contribution >= 4 is 23.5 Å². The molecule has 0 atom stereocenters. The van der Waals surface area contributed by atoms with Gasteiger partial charge in [-0.15, -0.1) is 0 Å². The Morgan fingerprint density at radius 1 is 1.00 bits per heavy atom. The first-order chi connectivity index (χ1) is 10.3. The Hall–Kier alpha value is -1.75. The molecule has 1 fully saturated rings. The third-order valence-electron chi connectivity index (χ3n) is 3.43. The maximum atomic E-state index is 12.4. The maximum Gasteiger partial charge on any atom is 0.317 e. The summed E-state index contributed by atoms with van der Waals surface area (Å²) >= 11 is 5.83. The van der Waals surface area contributed by atoms with Crippen molar-refractivity contribution in [3.8, 4) is 0 Å². The fourth-order valence-corrected chi connectivity index (χ4v) is 2.41. The summed E-state index contributed by atoms with van der Waals surface area (Å²) in [4.78, 5) is 28.0. The van der Waals surface area contributed by atoms with Gasteiger partial charge in [0.25, 0.3) is 5.91 Å². The van der Waals surface area contributed by atoms with E-state index in [9.17, 15) is 9.59 Å². The Morgan fingerprint density at radius 3 is 2.00 bits per heavy atom. The zero-order valence-corrected chi connectivity index (χ0v) is 14.0. The molecule has 0 spiro atoms. The molecule has 6 heteroatoms. The van der Waals surface area contributed by atoms with Crippen molar-refractivity contribution in [1.29, 1.82) is 0 Å². The fraction of sp³-hybridized carbons (Fsp3) is 0.500. The Kier molecular flexibility index (Phi) is 4.96. The number of rotatable bonds is 1. The Morgan fingerprint density at radius 2 is 1.50 bits per heavy atom. The van der Waals surface area contributed by atoms with Crippen LogP contribution in [-0.4, -0.2) is 53.5 Å². The molecule has 120 valence electrons. The SMILES string of the molecule is CC(C)(C)NC(=O)N1CCN(C(=O)c2ccc(Cl)cc2)CC1. The van der Waals surface area contributed by atoms with E-state index in [2.05, 4.69) is 5.32 Å². The van der Waals surface area contributed by atoms with Crippen LogP contribution in [0.1, 0.15) is 31.1 Å².